The maximum Gasteiger partial charge on any atom is 0.331 e. The number of amides is 1. The van der Waals surface area contributed by atoms with Crippen molar-refractivity contribution in [3.05, 3.63) is 29.8 Å². The number of nitrogen functional groups attached to an aromatic ring is 1. The van der Waals surface area contributed by atoms with Crippen molar-refractivity contribution in [3.8, 4) is 0 Å². The lowest BCUT2D eigenvalue weighted by atomic mass is 9.93. The summed E-state index contributed by atoms with van der Waals surface area (Å²) in [5.74, 6) is -0.485. The standard InChI is InChI=1S/C12H16N2O3/c1-12(14-8-15,11(16)17-2)7-9-3-5-10(13)6-4-9/h3-6,8H,7,13H2,1-2H3,(H,14,15)/t12-/m0/s1. The van der Waals surface area contributed by atoms with Crippen LogP contribution in [0.5, 0.6) is 0 Å². The molecule has 0 heterocycles. The molecule has 5 heteroatoms. The van der Waals surface area contributed by atoms with Gasteiger partial charge in [0.2, 0.25) is 6.41 Å². The zero-order valence-electron chi connectivity index (χ0n) is 9.90. The Morgan fingerprint density at radius 2 is 2.06 bits per heavy atom. The Bertz CT molecular complexity index is 403. The average molecular weight is 236 g/mol. The second kappa shape index (κ2) is 5.34. The topological polar surface area (TPSA) is 81.4 Å². The molecule has 92 valence electrons. The fourth-order valence-corrected chi connectivity index (χ4v) is 1.58. The van der Waals surface area contributed by atoms with E-state index in [0.29, 0.717) is 18.5 Å². The minimum Gasteiger partial charge on any atom is -0.467 e. The predicted octanol–water partition coefficient (Wildman–Crippen LogP) is 0.489. The van der Waals surface area contributed by atoms with Crippen molar-refractivity contribution in [2.45, 2.75) is 18.9 Å². The Labute approximate surface area is 99.9 Å². The van der Waals surface area contributed by atoms with E-state index in [2.05, 4.69) is 10.1 Å². The summed E-state index contributed by atoms with van der Waals surface area (Å²) in [6.45, 7) is 1.61. The van der Waals surface area contributed by atoms with Crippen LogP contribution >= 0.6 is 0 Å². The van der Waals surface area contributed by atoms with Gasteiger partial charge in [0, 0.05) is 12.1 Å². The van der Waals surface area contributed by atoms with Crippen molar-refractivity contribution in [2.24, 2.45) is 0 Å². The third kappa shape index (κ3) is 3.21. The van der Waals surface area contributed by atoms with Crippen LogP contribution in [-0.2, 0) is 20.7 Å². The van der Waals surface area contributed by atoms with Gasteiger partial charge in [0.15, 0.2) is 0 Å². The Morgan fingerprint density at radius 3 is 2.53 bits per heavy atom. The minimum absolute atomic E-state index is 0.346. The molecule has 0 saturated heterocycles. The molecule has 1 aromatic rings. The first-order valence-corrected chi connectivity index (χ1v) is 5.16. The number of nitrogens with one attached hydrogen (secondary N) is 1. The van der Waals surface area contributed by atoms with Crippen LogP contribution in [0.2, 0.25) is 0 Å². The van der Waals surface area contributed by atoms with E-state index in [9.17, 15) is 9.59 Å². The van der Waals surface area contributed by atoms with Crippen molar-refractivity contribution in [1.29, 1.82) is 0 Å². The molecule has 0 aliphatic carbocycles. The highest BCUT2D eigenvalue weighted by atomic mass is 16.5. The fourth-order valence-electron chi connectivity index (χ4n) is 1.58. The van der Waals surface area contributed by atoms with Gasteiger partial charge in [-0.3, -0.25) is 4.79 Å². The first-order chi connectivity index (χ1) is 8.01. The number of ether oxygens (including phenoxy) is 1. The van der Waals surface area contributed by atoms with Gasteiger partial charge in [0.25, 0.3) is 0 Å². The summed E-state index contributed by atoms with van der Waals surface area (Å²) < 4.78 is 4.68. The molecule has 0 aliphatic rings. The molecule has 0 aliphatic heterocycles. The van der Waals surface area contributed by atoms with Crippen molar-refractivity contribution in [1.82, 2.24) is 5.32 Å². The number of benzene rings is 1. The summed E-state index contributed by atoms with van der Waals surface area (Å²) in [5, 5.41) is 2.49. The molecule has 17 heavy (non-hydrogen) atoms. The maximum atomic E-state index is 11.6. The van der Waals surface area contributed by atoms with E-state index >= 15 is 0 Å². The van der Waals surface area contributed by atoms with Crippen LogP contribution < -0.4 is 11.1 Å². The number of carbonyl (C=O) groups excluding carboxylic acids is 2. The number of carbonyl (C=O) groups is 2. The summed E-state index contributed by atoms with van der Waals surface area (Å²) in [6.07, 6.45) is 0.840. The number of rotatable bonds is 5. The minimum atomic E-state index is -1.06. The number of methoxy groups -OCH3 is 1. The summed E-state index contributed by atoms with van der Waals surface area (Å²) in [6, 6.07) is 7.11. The molecule has 1 amide bonds. The van der Waals surface area contributed by atoms with Gasteiger partial charge in [0.1, 0.15) is 5.54 Å². The molecular formula is C12H16N2O3. The Morgan fingerprint density at radius 1 is 1.47 bits per heavy atom. The van der Waals surface area contributed by atoms with Gasteiger partial charge in [0.05, 0.1) is 7.11 Å². The van der Waals surface area contributed by atoms with E-state index in [1.54, 1.807) is 19.1 Å². The zero-order chi connectivity index (χ0) is 12.9. The number of hydrogen-bond donors (Lipinski definition) is 2. The summed E-state index contributed by atoms with van der Waals surface area (Å²) in [7, 11) is 1.29. The van der Waals surface area contributed by atoms with Gasteiger partial charge >= 0.3 is 5.97 Å². The van der Waals surface area contributed by atoms with Crippen molar-refractivity contribution >= 4 is 18.1 Å². The van der Waals surface area contributed by atoms with E-state index < -0.39 is 11.5 Å². The summed E-state index contributed by atoms with van der Waals surface area (Å²) in [4.78, 5) is 22.2. The third-order valence-corrected chi connectivity index (χ3v) is 2.55. The van der Waals surface area contributed by atoms with Crippen molar-refractivity contribution < 1.29 is 14.3 Å². The fraction of sp³-hybridized carbons (Fsp3) is 0.333. The normalized spacial score (nSPS) is 13.5. The first-order valence-electron chi connectivity index (χ1n) is 5.16. The Balaban J connectivity index is 2.89. The van der Waals surface area contributed by atoms with Gasteiger partial charge in [-0.25, -0.2) is 4.79 Å². The molecule has 0 saturated carbocycles. The summed E-state index contributed by atoms with van der Waals surface area (Å²) >= 11 is 0. The van der Waals surface area contributed by atoms with Gasteiger partial charge in [-0.15, -0.1) is 0 Å². The molecule has 0 bridgehead atoms. The van der Waals surface area contributed by atoms with E-state index in [1.807, 2.05) is 12.1 Å². The average Bonchev–Trinajstić information content (AvgIpc) is 2.31. The van der Waals surface area contributed by atoms with E-state index in [4.69, 9.17) is 5.73 Å². The Kier molecular flexibility index (Phi) is 4.09. The molecule has 1 atom stereocenters. The van der Waals surface area contributed by atoms with Gasteiger partial charge in [-0.05, 0) is 24.6 Å². The van der Waals surface area contributed by atoms with Gasteiger partial charge < -0.3 is 15.8 Å². The quantitative estimate of drug-likeness (QED) is 0.443. The number of esters is 1. The molecule has 5 nitrogen and oxygen atoms in total. The van der Waals surface area contributed by atoms with Crippen molar-refractivity contribution in [3.63, 3.8) is 0 Å². The lowest BCUT2D eigenvalue weighted by molar-refractivity contribution is -0.148. The van der Waals surface area contributed by atoms with Crippen LogP contribution in [0.1, 0.15) is 12.5 Å². The lowest BCUT2D eigenvalue weighted by Gasteiger charge is -2.25. The van der Waals surface area contributed by atoms with Crippen LogP contribution in [0.25, 0.3) is 0 Å². The number of hydrogen-bond acceptors (Lipinski definition) is 4. The lowest BCUT2D eigenvalue weighted by Crippen LogP contribution is -2.51. The molecule has 0 radical (unpaired) electrons. The molecule has 0 unspecified atom stereocenters. The molecule has 0 aromatic heterocycles. The van der Waals surface area contributed by atoms with Crippen molar-refractivity contribution in [2.75, 3.05) is 12.8 Å². The van der Waals surface area contributed by atoms with Gasteiger partial charge in [-0.2, -0.15) is 0 Å². The zero-order valence-corrected chi connectivity index (χ0v) is 9.90. The molecule has 0 spiro atoms. The first kappa shape index (κ1) is 13.0. The third-order valence-electron chi connectivity index (χ3n) is 2.55. The van der Waals surface area contributed by atoms with E-state index in [1.165, 1.54) is 7.11 Å². The molecule has 1 rings (SSSR count). The second-order valence-electron chi connectivity index (χ2n) is 4.00. The van der Waals surface area contributed by atoms with E-state index in [0.717, 1.165) is 5.56 Å². The van der Waals surface area contributed by atoms with E-state index in [-0.39, 0.29) is 0 Å². The Hall–Kier alpha value is -2.04. The number of anilines is 1. The summed E-state index contributed by atoms with van der Waals surface area (Å²) in [5.41, 5.74) is 6.05. The maximum absolute atomic E-state index is 11.6. The highest BCUT2D eigenvalue weighted by Gasteiger charge is 2.33. The molecule has 1 aromatic carbocycles. The van der Waals surface area contributed by atoms with Crippen LogP contribution in [0.15, 0.2) is 24.3 Å². The molecule has 3 N–H and O–H groups in total. The highest BCUT2D eigenvalue weighted by molar-refractivity contribution is 5.83. The largest absolute Gasteiger partial charge is 0.467 e. The monoisotopic (exact) mass is 236 g/mol. The van der Waals surface area contributed by atoms with Crippen LogP contribution in [0, 0.1) is 0 Å². The smallest absolute Gasteiger partial charge is 0.331 e. The van der Waals surface area contributed by atoms with Crippen LogP contribution in [0.3, 0.4) is 0 Å². The van der Waals surface area contributed by atoms with Crippen LogP contribution in [0.4, 0.5) is 5.69 Å². The van der Waals surface area contributed by atoms with Gasteiger partial charge in [-0.1, -0.05) is 12.1 Å². The molecule has 0 fully saturated rings. The second-order valence-corrected chi connectivity index (χ2v) is 4.00. The highest BCUT2D eigenvalue weighted by Crippen LogP contribution is 2.16. The number of nitrogens with two attached hydrogens (primary N) is 1. The molecular weight excluding hydrogens is 220 g/mol. The predicted molar refractivity (Wildman–Crippen MR) is 64.2 cm³/mol. The SMILES string of the molecule is COC(=O)[C@](C)(Cc1ccc(N)cc1)NC=O. The van der Waals surface area contributed by atoms with Crippen LogP contribution in [-0.4, -0.2) is 25.0 Å².